The third kappa shape index (κ3) is 3.08. The molecule has 1 aromatic heterocycles. The lowest BCUT2D eigenvalue weighted by Gasteiger charge is -2.10. The lowest BCUT2D eigenvalue weighted by Crippen LogP contribution is -2.25. The van der Waals surface area contributed by atoms with Gasteiger partial charge in [-0.15, -0.1) is 0 Å². The zero-order chi connectivity index (χ0) is 17.5. The SMILES string of the molecule is O=C1Cc2cc(C(=O)Cn3cc(C(F)(F)F)ccc3=O)ccc2N1. The normalized spacial score (nSPS) is 13.5. The molecular formula is C16H11F3N2O3. The summed E-state index contributed by atoms with van der Waals surface area (Å²) < 4.78 is 38.8. The first kappa shape index (κ1) is 16.0. The second-order valence-electron chi connectivity index (χ2n) is 5.40. The van der Waals surface area contributed by atoms with Gasteiger partial charge in [-0.2, -0.15) is 13.2 Å². The van der Waals surface area contributed by atoms with Crippen molar-refractivity contribution in [1.82, 2.24) is 4.57 Å². The molecule has 0 unspecified atom stereocenters. The van der Waals surface area contributed by atoms with Crippen LogP contribution >= 0.6 is 0 Å². The maximum atomic E-state index is 12.7. The number of carbonyl (C=O) groups is 2. The monoisotopic (exact) mass is 336 g/mol. The number of carbonyl (C=O) groups excluding carboxylic acids is 2. The molecule has 0 aliphatic carbocycles. The summed E-state index contributed by atoms with van der Waals surface area (Å²) >= 11 is 0. The molecule has 0 fully saturated rings. The molecule has 2 aromatic rings. The summed E-state index contributed by atoms with van der Waals surface area (Å²) in [6.07, 6.45) is -3.84. The van der Waals surface area contributed by atoms with E-state index in [-0.39, 0.29) is 17.9 Å². The molecule has 1 amide bonds. The Morgan fingerprint density at radius 1 is 1.17 bits per heavy atom. The fraction of sp³-hybridized carbons (Fsp3) is 0.188. The zero-order valence-electron chi connectivity index (χ0n) is 12.2. The van der Waals surface area contributed by atoms with Crippen molar-refractivity contribution in [2.75, 3.05) is 5.32 Å². The Kier molecular flexibility index (Phi) is 3.75. The van der Waals surface area contributed by atoms with Gasteiger partial charge in [0.2, 0.25) is 5.91 Å². The predicted molar refractivity (Wildman–Crippen MR) is 78.8 cm³/mol. The largest absolute Gasteiger partial charge is 0.417 e. The summed E-state index contributed by atoms with van der Waals surface area (Å²) in [6.45, 7) is -0.511. The molecule has 124 valence electrons. The number of ketones is 1. The third-order valence-electron chi connectivity index (χ3n) is 3.68. The van der Waals surface area contributed by atoms with E-state index in [2.05, 4.69) is 5.32 Å². The molecule has 0 saturated carbocycles. The van der Waals surface area contributed by atoms with Crippen LogP contribution in [0.15, 0.2) is 41.3 Å². The van der Waals surface area contributed by atoms with Crippen LogP contribution in [0.4, 0.5) is 18.9 Å². The van der Waals surface area contributed by atoms with Crippen LogP contribution in [0.5, 0.6) is 0 Å². The van der Waals surface area contributed by atoms with Gasteiger partial charge in [0.05, 0.1) is 18.5 Å². The van der Waals surface area contributed by atoms with Crippen molar-refractivity contribution in [3.63, 3.8) is 0 Å². The van der Waals surface area contributed by atoms with Crippen molar-refractivity contribution in [1.29, 1.82) is 0 Å². The van der Waals surface area contributed by atoms with Crippen molar-refractivity contribution in [2.24, 2.45) is 0 Å². The molecule has 0 saturated heterocycles. The van der Waals surface area contributed by atoms with E-state index in [9.17, 15) is 27.6 Å². The average molecular weight is 336 g/mol. The molecule has 1 N–H and O–H groups in total. The zero-order valence-corrected chi connectivity index (χ0v) is 12.2. The van der Waals surface area contributed by atoms with E-state index in [1.54, 1.807) is 6.07 Å². The van der Waals surface area contributed by atoms with Gasteiger partial charge in [0.25, 0.3) is 5.56 Å². The molecule has 5 nitrogen and oxygen atoms in total. The highest BCUT2D eigenvalue weighted by molar-refractivity contribution is 6.02. The van der Waals surface area contributed by atoms with Gasteiger partial charge in [-0.3, -0.25) is 14.4 Å². The molecule has 1 aliphatic heterocycles. The van der Waals surface area contributed by atoms with E-state index in [4.69, 9.17) is 0 Å². The molecule has 1 aromatic carbocycles. The minimum atomic E-state index is -4.60. The quantitative estimate of drug-likeness (QED) is 0.874. The number of hydrogen-bond acceptors (Lipinski definition) is 3. The van der Waals surface area contributed by atoms with Crippen LogP contribution < -0.4 is 10.9 Å². The van der Waals surface area contributed by atoms with Crippen LogP contribution in [0.1, 0.15) is 21.5 Å². The molecule has 0 bridgehead atoms. The Morgan fingerprint density at radius 3 is 2.62 bits per heavy atom. The summed E-state index contributed by atoms with van der Waals surface area (Å²) in [5.74, 6) is -0.706. The van der Waals surface area contributed by atoms with Crippen LogP contribution in [0, 0.1) is 0 Å². The van der Waals surface area contributed by atoms with Crippen LogP contribution in [0.3, 0.4) is 0 Å². The summed E-state index contributed by atoms with van der Waals surface area (Å²) in [7, 11) is 0. The number of Topliss-reactive ketones (excluding diaryl/α,β-unsaturated/α-hetero) is 1. The molecule has 0 spiro atoms. The number of benzene rings is 1. The number of aromatic nitrogens is 1. The van der Waals surface area contributed by atoms with E-state index < -0.39 is 29.6 Å². The highest BCUT2D eigenvalue weighted by Crippen LogP contribution is 2.28. The van der Waals surface area contributed by atoms with Gasteiger partial charge in [-0.05, 0) is 29.8 Å². The number of hydrogen-bond donors (Lipinski definition) is 1. The molecular weight excluding hydrogens is 325 g/mol. The number of alkyl halides is 3. The first-order valence-corrected chi connectivity index (χ1v) is 6.98. The molecule has 0 radical (unpaired) electrons. The molecule has 24 heavy (non-hydrogen) atoms. The number of amides is 1. The number of halogens is 3. The standard InChI is InChI=1S/C16H11F3N2O3/c17-16(18,19)11-2-4-15(24)21(7-11)8-13(22)9-1-3-12-10(5-9)6-14(23)20-12/h1-5,7H,6,8H2,(H,20,23). The number of rotatable bonds is 3. The van der Waals surface area contributed by atoms with E-state index in [0.29, 0.717) is 23.5 Å². The van der Waals surface area contributed by atoms with Crippen molar-refractivity contribution < 1.29 is 22.8 Å². The van der Waals surface area contributed by atoms with E-state index in [1.165, 1.54) is 12.1 Å². The Bertz CT molecular complexity index is 900. The Hall–Kier alpha value is -2.90. The fourth-order valence-electron chi connectivity index (χ4n) is 2.47. The summed E-state index contributed by atoms with van der Waals surface area (Å²) in [5, 5.41) is 2.62. The molecule has 0 atom stereocenters. The van der Waals surface area contributed by atoms with Crippen molar-refractivity contribution in [2.45, 2.75) is 19.1 Å². The lowest BCUT2D eigenvalue weighted by atomic mass is 10.0. The summed E-state index contributed by atoms with van der Waals surface area (Å²) in [5.41, 5.74) is -0.224. The first-order chi connectivity index (χ1) is 11.2. The van der Waals surface area contributed by atoms with Crippen LogP contribution in [-0.4, -0.2) is 16.3 Å². The second kappa shape index (κ2) is 5.63. The predicted octanol–water partition coefficient (Wildman–Crippen LogP) is 2.24. The maximum absolute atomic E-state index is 12.7. The van der Waals surface area contributed by atoms with Gasteiger partial charge >= 0.3 is 6.18 Å². The third-order valence-corrected chi connectivity index (χ3v) is 3.68. The van der Waals surface area contributed by atoms with Gasteiger partial charge in [0.1, 0.15) is 0 Å². The number of nitrogens with one attached hydrogen (secondary N) is 1. The lowest BCUT2D eigenvalue weighted by molar-refractivity contribution is -0.138. The van der Waals surface area contributed by atoms with Gasteiger partial charge < -0.3 is 9.88 Å². The Labute approximate surface area is 133 Å². The van der Waals surface area contributed by atoms with Gasteiger partial charge in [-0.25, -0.2) is 0 Å². The number of fused-ring (bicyclic) bond motifs is 1. The summed E-state index contributed by atoms with van der Waals surface area (Å²) in [4.78, 5) is 35.2. The van der Waals surface area contributed by atoms with Crippen LogP contribution in [0.25, 0.3) is 0 Å². The summed E-state index contributed by atoms with van der Waals surface area (Å²) in [6, 6.07) is 5.99. The van der Waals surface area contributed by atoms with Crippen molar-refractivity contribution >= 4 is 17.4 Å². The minimum Gasteiger partial charge on any atom is -0.326 e. The van der Waals surface area contributed by atoms with E-state index in [0.717, 1.165) is 10.6 Å². The molecule has 8 heteroatoms. The van der Waals surface area contributed by atoms with Crippen LogP contribution in [-0.2, 0) is 23.9 Å². The minimum absolute atomic E-state index is 0.139. The van der Waals surface area contributed by atoms with Gasteiger partial charge in [0.15, 0.2) is 5.78 Å². The van der Waals surface area contributed by atoms with Crippen molar-refractivity contribution in [3.8, 4) is 0 Å². The molecule has 2 heterocycles. The number of anilines is 1. The number of pyridine rings is 1. The Balaban J connectivity index is 1.87. The van der Waals surface area contributed by atoms with Crippen molar-refractivity contribution in [3.05, 3.63) is 63.6 Å². The molecule has 3 rings (SSSR count). The first-order valence-electron chi connectivity index (χ1n) is 6.98. The van der Waals surface area contributed by atoms with Crippen LogP contribution in [0.2, 0.25) is 0 Å². The van der Waals surface area contributed by atoms with E-state index in [1.807, 2.05) is 0 Å². The topological polar surface area (TPSA) is 68.2 Å². The second-order valence-corrected chi connectivity index (χ2v) is 5.40. The average Bonchev–Trinajstić information content (AvgIpc) is 2.87. The smallest absolute Gasteiger partial charge is 0.326 e. The maximum Gasteiger partial charge on any atom is 0.417 e. The highest BCUT2D eigenvalue weighted by Gasteiger charge is 2.31. The van der Waals surface area contributed by atoms with Gasteiger partial charge in [-0.1, -0.05) is 0 Å². The van der Waals surface area contributed by atoms with Gasteiger partial charge in [0, 0.05) is 23.5 Å². The fourth-order valence-corrected chi connectivity index (χ4v) is 2.47. The number of nitrogens with zero attached hydrogens (tertiary/aromatic N) is 1. The highest BCUT2D eigenvalue weighted by atomic mass is 19.4. The van der Waals surface area contributed by atoms with E-state index >= 15 is 0 Å². The molecule has 1 aliphatic rings. The Morgan fingerprint density at radius 2 is 1.92 bits per heavy atom.